The quantitative estimate of drug-likeness (QED) is 0.735. The van der Waals surface area contributed by atoms with E-state index < -0.39 is 24.0 Å². The second-order valence-electron chi connectivity index (χ2n) is 4.08. The molecule has 0 spiro atoms. The predicted molar refractivity (Wildman–Crippen MR) is 61.6 cm³/mol. The second-order valence-corrected chi connectivity index (χ2v) is 4.08. The van der Waals surface area contributed by atoms with Crippen molar-refractivity contribution in [2.75, 3.05) is 20.0 Å². The van der Waals surface area contributed by atoms with E-state index in [-0.39, 0.29) is 20.0 Å². The first-order chi connectivity index (χ1) is 9.18. The number of carbonyl (C=O) groups excluding carboxylic acids is 2. The van der Waals surface area contributed by atoms with Gasteiger partial charge >= 0.3 is 11.9 Å². The van der Waals surface area contributed by atoms with E-state index in [0.29, 0.717) is 5.56 Å². The lowest BCUT2D eigenvalue weighted by Crippen LogP contribution is -2.34. The van der Waals surface area contributed by atoms with Gasteiger partial charge in [-0.05, 0) is 12.1 Å². The van der Waals surface area contributed by atoms with Gasteiger partial charge in [0.1, 0.15) is 25.4 Å². The zero-order chi connectivity index (χ0) is 13.7. The van der Waals surface area contributed by atoms with Gasteiger partial charge < -0.3 is 14.2 Å². The van der Waals surface area contributed by atoms with Crippen LogP contribution in [0.1, 0.15) is 10.4 Å². The van der Waals surface area contributed by atoms with Crippen molar-refractivity contribution in [2.24, 2.45) is 5.92 Å². The molecule has 0 bridgehead atoms. The number of benzene rings is 1. The molecule has 0 unspecified atom stereocenters. The minimum Gasteiger partial charge on any atom is -0.461 e. The molecule has 2 rings (SSSR count). The average molecular weight is 265 g/mol. The van der Waals surface area contributed by atoms with Crippen LogP contribution in [-0.2, 0) is 24.1 Å². The summed E-state index contributed by atoms with van der Waals surface area (Å²) in [6.45, 7) is -0.104. The van der Waals surface area contributed by atoms with Gasteiger partial charge in [-0.2, -0.15) is 0 Å². The summed E-state index contributed by atoms with van der Waals surface area (Å²) in [6.07, 6.45) is -0.645. The molecule has 1 saturated heterocycles. The highest BCUT2D eigenvalue weighted by molar-refractivity contribution is 5.89. The Bertz CT molecular complexity index is 438. The third-order valence-electron chi connectivity index (χ3n) is 2.80. The average Bonchev–Trinajstić information content (AvgIpc) is 2.93. The highest BCUT2D eigenvalue weighted by Crippen LogP contribution is 2.16. The third-order valence-corrected chi connectivity index (χ3v) is 2.80. The lowest BCUT2D eigenvalue weighted by atomic mass is 10.0. The molecule has 1 radical (unpaired) electrons. The first-order valence-electron chi connectivity index (χ1n) is 5.81. The molecule has 1 heterocycles. The monoisotopic (exact) mass is 265 g/mol. The molecule has 1 aliphatic heterocycles. The van der Waals surface area contributed by atoms with Crippen LogP contribution in [0.3, 0.4) is 0 Å². The predicted octanol–water partition coefficient (Wildman–Crippen LogP) is 0.790. The lowest BCUT2D eigenvalue weighted by Gasteiger charge is -2.16. The third kappa shape index (κ3) is 3.52. The lowest BCUT2D eigenvalue weighted by molar-refractivity contribution is -0.154. The van der Waals surface area contributed by atoms with Gasteiger partial charge in [0.2, 0.25) is 0 Å². The van der Waals surface area contributed by atoms with Gasteiger partial charge in [0.15, 0.2) is 0 Å². The van der Waals surface area contributed by atoms with E-state index >= 15 is 0 Å². The van der Waals surface area contributed by atoms with E-state index in [1.165, 1.54) is 0 Å². The van der Waals surface area contributed by atoms with Gasteiger partial charge in [-0.1, -0.05) is 18.2 Å². The molecule has 0 aliphatic carbocycles. The van der Waals surface area contributed by atoms with Crippen molar-refractivity contribution in [3.05, 3.63) is 35.9 Å². The van der Waals surface area contributed by atoms with E-state index in [0.717, 1.165) is 0 Å². The van der Waals surface area contributed by atoms with E-state index in [1.54, 1.807) is 30.3 Å². The SMILES string of the molecule is [O]C(=O)[C@H](COC(=O)c1ccccc1)[C@@H]1COCO1. The molecule has 2 atom stereocenters. The van der Waals surface area contributed by atoms with Crippen LogP contribution in [0.2, 0.25) is 0 Å². The summed E-state index contributed by atoms with van der Waals surface area (Å²) >= 11 is 0. The molecule has 1 aromatic rings. The first kappa shape index (κ1) is 13.5. The van der Waals surface area contributed by atoms with Gasteiger partial charge in [-0.3, -0.25) is 0 Å². The van der Waals surface area contributed by atoms with Crippen LogP contribution < -0.4 is 0 Å². The molecular formula is C13H13O6. The molecule has 0 N–H and O–H groups in total. The summed E-state index contributed by atoms with van der Waals surface area (Å²) in [5, 5.41) is 11.0. The van der Waals surface area contributed by atoms with Crippen LogP contribution in [0.25, 0.3) is 0 Å². The molecular weight excluding hydrogens is 252 g/mol. The standard InChI is InChI=1S/C13H13O6/c14-12(15)10(11-7-17-8-19-11)6-18-13(16)9-4-2-1-3-5-9/h1-5,10-11H,6-8H2/t10-,11+/m1/s1. The van der Waals surface area contributed by atoms with E-state index in [4.69, 9.17) is 14.2 Å². The molecule has 19 heavy (non-hydrogen) atoms. The minimum atomic E-state index is -1.32. The maximum absolute atomic E-state index is 11.7. The summed E-state index contributed by atoms with van der Waals surface area (Å²) < 4.78 is 15.0. The molecule has 0 aromatic heterocycles. The normalized spacial score (nSPS) is 19.9. The molecule has 1 aromatic carbocycles. The van der Waals surface area contributed by atoms with Crippen LogP contribution in [0.4, 0.5) is 0 Å². The van der Waals surface area contributed by atoms with Crippen LogP contribution in [-0.4, -0.2) is 38.0 Å². The summed E-state index contributed by atoms with van der Waals surface area (Å²) in [6, 6.07) is 8.34. The minimum absolute atomic E-state index is 0.0427. The van der Waals surface area contributed by atoms with E-state index in [9.17, 15) is 14.7 Å². The Balaban J connectivity index is 1.92. The zero-order valence-electron chi connectivity index (χ0n) is 10.1. The Labute approximate surface area is 109 Å². The fourth-order valence-electron chi connectivity index (χ4n) is 1.73. The molecule has 0 amide bonds. The van der Waals surface area contributed by atoms with E-state index in [2.05, 4.69) is 0 Å². The topological polar surface area (TPSA) is 81.7 Å². The largest absolute Gasteiger partial charge is 0.461 e. The molecule has 1 aliphatic rings. The molecule has 101 valence electrons. The van der Waals surface area contributed by atoms with Crippen LogP contribution in [0.15, 0.2) is 30.3 Å². The van der Waals surface area contributed by atoms with Gasteiger partial charge in [0.05, 0.1) is 12.2 Å². The van der Waals surface area contributed by atoms with Crippen molar-refractivity contribution in [1.82, 2.24) is 0 Å². The summed E-state index contributed by atoms with van der Waals surface area (Å²) in [7, 11) is 0. The molecule has 6 heteroatoms. The number of rotatable bonds is 5. The Morgan fingerprint density at radius 1 is 1.32 bits per heavy atom. The smallest absolute Gasteiger partial charge is 0.364 e. The van der Waals surface area contributed by atoms with Crippen molar-refractivity contribution in [3.63, 3.8) is 0 Å². The fraction of sp³-hybridized carbons (Fsp3) is 0.385. The fourth-order valence-corrected chi connectivity index (χ4v) is 1.73. The second kappa shape index (κ2) is 6.31. The molecule has 6 nitrogen and oxygen atoms in total. The van der Waals surface area contributed by atoms with Crippen molar-refractivity contribution in [2.45, 2.75) is 6.10 Å². The van der Waals surface area contributed by atoms with Gasteiger partial charge in [0.25, 0.3) is 0 Å². The Hall–Kier alpha value is -1.92. The van der Waals surface area contributed by atoms with Crippen molar-refractivity contribution in [3.8, 4) is 0 Å². The number of carbonyl (C=O) groups is 2. The first-order valence-corrected chi connectivity index (χ1v) is 5.81. The Kier molecular flexibility index (Phi) is 4.48. The van der Waals surface area contributed by atoms with Crippen molar-refractivity contribution in [1.29, 1.82) is 0 Å². The van der Waals surface area contributed by atoms with Gasteiger partial charge in [0, 0.05) is 0 Å². The Morgan fingerprint density at radius 2 is 2.05 bits per heavy atom. The van der Waals surface area contributed by atoms with Crippen LogP contribution in [0, 0.1) is 5.92 Å². The van der Waals surface area contributed by atoms with Gasteiger partial charge in [-0.15, -0.1) is 0 Å². The molecule has 0 saturated carbocycles. The van der Waals surface area contributed by atoms with Crippen LogP contribution >= 0.6 is 0 Å². The maximum atomic E-state index is 11.7. The summed E-state index contributed by atoms with van der Waals surface area (Å²) in [5.74, 6) is -2.93. The zero-order valence-corrected chi connectivity index (χ0v) is 10.1. The van der Waals surface area contributed by atoms with Crippen molar-refractivity contribution < 1.29 is 28.9 Å². The number of hydrogen-bond acceptors (Lipinski definition) is 5. The number of ether oxygens (including phenoxy) is 3. The number of hydrogen-bond donors (Lipinski definition) is 0. The molecule has 1 fully saturated rings. The van der Waals surface area contributed by atoms with Crippen LogP contribution in [0.5, 0.6) is 0 Å². The van der Waals surface area contributed by atoms with Gasteiger partial charge in [-0.25, -0.2) is 14.7 Å². The number of esters is 1. The van der Waals surface area contributed by atoms with Crippen molar-refractivity contribution >= 4 is 11.9 Å². The highest BCUT2D eigenvalue weighted by atomic mass is 16.7. The summed E-state index contributed by atoms with van der Waals surface area (Å²) in [4.78, 5) is 22.7. The Morgan fingerprint density at radius 3 is 2.63 bits per heavy atom. The maximum Gasteiger partial charge on any atom is 0.364 e. The highest BCUT2D eigenvalue weighted by Gasteiger charge is 2.34. The summed E-state index contributed by atoms with van der Waals surface area (Å²) in [5.41, 5.74) is 0.364. The van der Waals surface area contributed by atoms with E-state index in [1.807, 2.05) is 0 Å².